The lowest BCUT2D eigenvalue weighted by Gasteiger charge is -2.27. The summed E-state index contributed by atoms with van der Waals surface area (Å²) in [7, 11) is 3.00. The monoisotopic (exact) mass is 517 g/mol. The van der Waals surface area contributed by atoms with Gasteiger partial charge in [0.05, 0.1) is 26.2 Å². The van der Waals surface area contributed by atoms with Crippen LogP contribution in [-0.4, -0.2) is 43.4 Å². The first kappa shape index (κ1) is 25.0. The number of amides is 2. The van der Waals surface area contributed by atoms with Crippen LogP contribution in [0.2, 0.25) is 0 Å². The summed E-state index contributed by atoms with van der Waals surface area (Å²) in [5.41, 5.74) is 4.69. The van der Waals surface area contributed by atoms with Gasteiger partial charge in [-0.2, -0.15) is 0 Å². The first-order valence-corrected chi connectivity index (χ1v) is 12.1. The molecule has 0 bridgehead atoms. The average Bonchev–Trinajstić information content (AvgIpc) is 3.48. The van der Waals surface area contributed by atoms with Crippen LogP contribution in [-0.2, 0) is 20.7 Å². The van der Waals surface area contributed by atoms with Crippen molar-refractivity contribution in [1.82, 2.24) is 10.6 Å². The summed E-state index contributed by atoms with van der Waals surface area (Å²) >= 11 is 0. The van der Waals surface area contributed by atoms with Crippen LogP contribution in [0.3, 0.4) is 0 Å². The minimum absolute atomic E-state index is 0.161. The summed E-state index contributed by atoms with van der Waals surface area (Å²) in [5.74, 6) is 1.43. The Hall–Kier alpha value is -4.67. The van der Waals surface area contributed by atoms with Crippen LogP contribution in [0.1, 0.15) is 31.9 Å². The van der Waals surface area contributed by atoms with Crippen LogP contribution in [0.15, 0.2) is 68.5 Å². The maximum atomic E-state index is 14.0. The van der Waals surface area contributed by atoms with Gasteiger partial charge in [0.1, 0.15) is 28.7 Å². The summed E-state index contributed by atoms with van der Waals surface area (Å²) in [6, 6.07) is 12.7. The van der Waals surface area contributed by atoms with Gasteiger partial charge in [-0.3, -0.25) is 14.5 Å². The number of aliphatic imine (C=N–C) groups is 1. The van der Waals surface area contributed by atoms with Gasteiger partial charge >= 0.3 is 0 Å². The fraction of sp³-hybridized carbons (Fsp3) is 0.296. The summed E-state index contributed by atoms with van der Waals surface area (Å²) in [6.45, 7) is 1.61. The zero-order valence-electron chi connectivity index (χ0n) is 21.3. The van der Waals surface area contributed by atoms with E-state index in [1.54, 1.807) is 25.1 Å². The number of methoxy groups -OCH3 is 2. The number of benzene rings is 2. The summed E-state index contributed by atoms with van der Waals surface area (Å²) in [6.07, 6.45) is 3.15. The molecule has 1 fully saturated rings. The van der Waals surface area contributed by atoms with Crippen molar-refractivity contribution in [2.24, 2.45) is 16.0 Å². The van der Waals surface area contributed by atoms with Gasteiger partial charge in [-0.1, -0.05) is 23.4 Å². The molecule has 0 unspecified atom stereocenters. The van der Waals surface area contributed by atoms with Gasteiger partial charge in [-0.05, 0) is 49.9 Å². The van der Waals surface area contributed by atoms with E-state index in [9.17, 15) is 9.59 Å². The van der Waals surface area contributed by atoms with E-state index >= 15 is 0 Å². The molecule has 0 atom stereocenters. The molecule has 11 nitrogen and oxygen atoms in total. The Morgan fingerprint density at radius 2 is 1.89 bits per heavy atom. The number of nitrogens with one attached hydrogen (secondary N) is 1. The predicted molar refractivity (Wildman–Crippen MR) is 140 cm³/mol. The first-order valence-electron chi connectivity index (χ1n) is 12.1. The topological polar surface area (TPSA) is 128 Å². The lowest BCUT2D eigenvalue weighted by Crippen LogP contribution is -2.39. The van der Waals surface area contributed by atoms with Crippen LogP contribution in [0.5, 0.6) is 11.5 Å². The summed E-state index contributed by atoms with van der Waals surface area (Å²) in [5, 5.41) is 9.21. The molecule has 1 aromatic heterocycles. The van der Waals surface area contributed by atoms with E-state index in [4.69, 9.17) is 18.7 Å². The van der Waals surface area contributed by atoms with Crippen LogP contribution in [0.4, 0.5) is 5.69 Å². The molecule has 38 heavy (non-hydrogen) atoms. The Balaban J connectivity index is 1.47. The maximum Gasteiger partial charge on any atom is 0.265 e. The number of nitrogens with zero attached hydrogens (tertiary/aromatic N) is 4. The number of carbonyl (C=O) groups is 2. The highest BCUT2D eigenvalue weighted by Crippen LogP contribution is 2.41. The molecule has 196 valence electrons. The average molecular weight is 518 g/mol. The zero-order chi connectivity index (χ0) is 26.6. The molecule has 2 amide bonds. The molecule has 2 heterocycles. The van der Waals surface area contributed by atoms with Gasteiger partial charge in [0.25, 0.3) is 5.91 Å². The van der Waals surface area contributed by atoms with Crippen molar-refractivity contribution in [1.29, 1.82) is 0 Å². The Kier molecular flexibility index (Phi) is 7.07. The zero-order valence-corrected chi connectivity index (χ0v) is 21.3. The van der Waals surface area contributed by atoms with Crippen molar-refractivity contribution in [3.8, 4) is 11.5 Å². The second kappa shape index (κ2) is 10.8. The Morgan fingerprint density at radius 3 is 2.58 bits per heavy atom. The number of para-hydroxylation sites is 2. The molecule has 0 spiro atoms. The van der Waals surface area contributed by atoms with E-state index < -0.39 is 5.91 Å². The van der Waals surface area contributed by atoms with Crippen molar-refractivity contribution >= 4 is 40.7 Å². The number of hydrazone groups is 1. The molecule has 5 rings (SSSR count). The highest BCUT2D eigenvalue weighted by atomic mass is 16.5. The van der Waals surface area contributed by atoms with Crippen molar-refractivity contribution in [3.05, 3.63) is 59.6 Å². The van der Waals surface area contributed by atoms with E-state index in [1.807, 2.05) is 24.3 Å². The Bertz CT molecular complexity index is 1450. The molecule has 1 N–H and O–H groups in total. The second-order valence-electron chi connectivity index (χ2n) is 8.93. The normalized spacial score (nSPS) is 16.4. The standard InChI is InChI=1S/C27H27N5O6/c1-16(26-30-29-24(37-26)14-19-18-7-4-5-8-20(18)38-31-19)27(34)32(23(28-15-33)13-17-11-12-17)25-21(35-2)9-6-10-22(25)36-3/h4-10,15,17,30H,11-14H2,1-3H3. The van der Waals surface area contributed by atoms with Crippen LogP contribution < -0.4 is 19.8 Å². The molecule has 3 aromatic rings. The number of hydrogen-bond donors (Lipinski definition) is 1. The first-order chi connectivity index (χ1) is 18.5. The van der Waals surface area contributed by atoms with Gasteiger partial charge in [-0.15, -0.1) is 5.10 Å². The van der Waals surface area contributed by atoms with E-state index in [2.05, 4.69) is 20.7 Å². The van der Waals surface area contributed by atoms with E-state index in [1.165, 1.54) is 19.1 Å². The fourth-order valence-electron chi connectivity index (χ4n) is 4.23. The molecule has 11 heteroatoms. The van der Waals surface area contributed by atoms with Gasteiger partial charge in [0, 0.05) is 11.8 Å². The molecule has 2 aliphatic rings. The van der Waals surface area contributed by atoms with Gasteiger partial charge in [0.15, 0.2) is 5.58 Å². The van der Waals surface area contributed by atoms with Crippen molar-refractivity contribution < 1.29 is 28.3 Å². The molecule has 1 saturated carbocycles. The van der Waals surface area contributed by atoms with Crippen LogP contribution >= 0.6 is 0 Å². The minimum Gasteiger partial charge on any atom is -0.494 e. The van der Waals surface area contributed by atoms with E-state index in [0.29, 0.717) is 58.9 Å². The van der Waals surface area contributed by atoms with Gasteiger partial charge in [-0.25, -0.2) is 10.4 Å². The molecular weight excluding hydrogens is 490 g/mol. The minimum atomic E-state index is -0.472. The summed E-state index contributed by atoms with van der Waals surface area (Å²) in [4.78, 5) is 31.0. The molecule has 0 saturated heterocycles. The van der Waals surface area contributed by atoms with E-state index in [0.717, 1.165) is 18.2 Å². The van der Waals surface area contributed by atoms with Crippen LogP contribution in [0, 0.1) is 5.92 Å². The van der Waals surface area contributed by atoms with Crippen molar-refractivity contribution in [3.63, 3.8) is 0 Å². The highest BCUT2D eigenvalue weighted by molar-refractivity contribution is 6.24. The number of rotatable bonds is 9. The second-order valence-corrected chi connectivity index (χ2v) is 8.93. The number of ether oxygens (including phenoxy) is 3. The highest BCUT2D eigenvalue weighted by Gasteiger charge is 2.35. The third-order valence-electron chi connectivity index (χ3n) is 6.39. The molecule has 1 aliphatic heterocycles. The van der Waals surface area contributed by atoms with Gasteiger partial charge in [0.2, 0.25) is 18.2 Å². The van der Waals surface area contributed by atoms with E-state index in [-0.39, 0.29) is 17.9 Å². The third kappa shape index (κ3) is 4.95. The number of carbonyl (C=O) groups excluding carboxylic acids is 2. The largest absolute Gasteiger partial charge is 0.494 e. The predicted octanol–water partition coefficient (Wildman–Crippen LogP) is 3.94. The van der Waals surface area contributed by atoms with Crippen molar-refractivity contribution in [2.75, 3.05) is 19.1 Å². The van der Waals surface area contributed by atoms with Crippen LogP contribution in [0.25, 0.3) is 11.0 Å². The number of amidine groups is 1. The fourth-order valence-corrected chi connectivity index (χ4v) is 4.23. The lowest BCUT2D eigenvalue weighted by molar-refractivity contribution is -0.114. The lowest BCUT2D eigenvalue weighted by atomic mass is 10.1. The number of aromatic nitrogens is 1. The Labute approximate surface area is 218 Å². The SMILES string of the molecule is COc1cccc(OC)c1N(C(=O)C(C)=C1NN=C(Cc2noc3ccccc23)O1)C(CC1CC1)=NC=O. The number of hydrogen-bond acceptors (Lipinski definition) is 9. The third-order valence-corrected chi connectivity index (χ3v) is 6.39. The number of anilines is 1. The van der Waals surface area contributed by atoms with Crippen molar-refractivity contribution in [2.45, 2.75) is 32.6 Å². The summed E-state index contributed by atoms with van der Waals surface area (Å²) < 4.78 is 22.4. The molecule has 1 aliphatic carbocycles. The number of fused-ring (bicyclic) bond motifs is 1. The molecular formula is C27H27N5O6. The van der Waals surface area contributed by atoms with Gasteiger partial charge < -0.3 is 18.7 Å². The maximum absolute atomic E-state index is 14.0. The molecule has 0 radical (unpaired) electrons. The quantitative estimate of drug-likeness (QED) is 0.196. The molecule has 2 aromatic carbocycles. The smallest absolute Gasteiger partial charge is 0.265 e. The Morgan fingerprint density at radius 1 is 1.16 bits per heavy atom.